The third kappa shape index (κ3) is 5.08. The van der Waals surface area contributed by atoms with Crippen LogP contribution in [0.3, 0.4) is 0 Å². The molecule has 0 aliphatic heterocycles. The molecule has 0 spiro atoms. The molecule has 5 nitrogen and oxygen atoms in total. The fourth-order valence-electron chi connectivity index (χ4n) is 9.62. The molecule has 284 valence electrons. The van der Waals surface area contributed by atoms with Gasteiger partial charge in [0.25, 0.3) is 0 Å². The first kappa shape index (κ1) is 33.7. The molecule has 5 heteroatoms. The van der Waals surface area contributed by atoms with Gasteiger partial charge in [0.05, 0.1) is 38.7 Å². The zero-order valence-corrected chi connectivity index (χ0v) is 32.8. The van der Waals surface area contributed by atoms with Gasteiger partial charge in [0.1, 0.15) is 11.2 Å². The molecule has 0 saturated carbocycles. The van der Waals surface area contributed by atoms with Crippen LogP contribution >= 0.6 is 0 Å². The van der Waals surface area contributed by atoms with E-state index >= 15 is 0 Å². The highest BCUT2D eigenvalue weighted by Gasteiger charge is 2.24. The van der Waals surface area contributed by atoms with E-state index in [2.05, 4.69) is 197 Å². The van der Waals surface area contributed by atoms with Gasteiger partial charge < -0.3 is 13.6 Å². The van der Waals surface area contributed by atoms with Gasteiger partial charge in [-0.2, -0.15) is 0 Å². The second-order valence-corrected chi connectivity index (χ2v) is 15.7. The Morgan fingerprint density at radius 3 is 1.82 bits per heavy atom. The predicted molar refractivity (Wildman–Crippen MR) is 252 cm³/mol. The van der Waals surface area contributed by atoms with Crippen molar-refractivity contribution in [3.8, 4) is 45.1 Å². The van der Waals surface area contributed by atoms with Crippen molar-refractivity contribution < 1.29 is 4.42 Å². The van der Waals surface area contributed by atoms with Crippen molar-refractivity contribution in [1.29, 1.82) is 0 Å². The molecule has 0 saturated heterocycles. The Hall–Kier alpha value is -8.28. The van der Waals surface area contributed by atoms with E-state index in [0.29, 0.717) is 5.82 Å². The second-order valence-electron chi connectivity index (χ2n) is 15.7. The lowest BCUT2D eigenvalue weighted by molar-refractivity contribution is 0.669. The first-order valence-electron chi connectivity index (χ1n) is 20.7. The minimum atomic E-state index is 0.692. The molecule has 0 unspecified atom stereocenters. The van der Waals surface area contributed by atoms with Crippen LogP contribution in [0.2, 0.25) is 0 Å². The summed E-state index contributed by atoms with van der Waals surface area (Å²) in [6, 6.07) is 73.1. The normalized spacial score (nSPS) is 11.9. The zero-order valence-electron chi connectivity index (χ0n) is 32.8. The maximum Gasteiger partial charge on any atom is 0.160 e. The summed E-state index contributed by atoms with van der Waals surface area (Å²) < 4.78 is 11.4. The Bertz CT molecular complexity index is 3860. The van der Waals surface area contributed by atoms with Crippen LogP contribution in [-0.2, 0) is 0 Å². The molecule has 0 bridgehead atoms. The lowest BCUT2D eigenvalue weighted by atomic mass is 10.1. The Morgan fingerprint density at radius 2 is 1.00 bits per heavy atom. The molecule has 4 aromatic heterocycles. The average Bonchev–Trinajstić information content (AvgIpc) is 3.99. The van der Waals surface area contributed by atoms with Crippen LogP contribution in [0.4, 0.5) is 0 Å². The summed E-state index contributed by atoms with van der Waals surface area (Å²) in [6.07, 6.45) is 0. The van der Waals surface area contributed by atoms with Gasteiger partial charge in [0.2, 0.25) is 0 Å². The molecular formula is C56H34N4O. The summed E-state index contributed by atoms with van der Waals surface area (Å²) in [5, 5.41) is 7.98. The molecule has 0 radical (unpaired) electrons. The van der Waals surface area contributed by atoms with Crippen molar-refractivity contribution in [2.45, 2.75) is 0 Å². The van der Waals surface area contributed by atoms with E-state index in [0.717, 1.165) is 83.1 Å². The number of aromatic nitrogens is 4. The summed E-state index contributed by atoms with van der Waals surface area (Å²) in [4.78, 5) is 10.3. The minimum absolute atomic E-state index is 0.692. The number of rotatable bonds is 5. The van der Waals surface area contributed by atoms with E-state index < -0.39 is 0 Å². The predicted octanol–water partition coefficient (Wildman–Crippen LogP) is 14.7. The number of fused-ring (bicyclic) bond motifs is 12. The lowest BCUT2D eigenvalue weighted by Crippen LogP contribution is -1.97. The third-order valence-corrected chi connectivity index (χ3v) is 12.3. The van der Waals surface area contributed by atoms with Gasteiger partial charge in [-0.3, -0.25) is 0 Å². The molecule has 4 heterocycles. The molecule has 0 amide bonds. The van der Waals surface area contributed by atoms with Crippen molar-refractivity contribution in [3.05, 3.63) is 206 Å². The molecule has 61 heavy (non-hydrogen) atoms. The molecule has 0 aliphatic carbocycles. The van der Waals surface area contributed by atoms with Crippen molar-refractivity contribution >= 4 is 76.5 Å². The highest BCUT2D eigenvalue weighted by molar-refractivity contribution is 6.31. The van der Waals surface area contributed by atoms with Crippen molar-refractivity contribution in [2.24, 2.45) is 0 Å². The Kier molecular flexibility index (Phi) is 7.24. The van der Waals surface area contributed by atoms with Crippen LogP contribution in [-0.4, -0.2) is 19.1 Å². The fraction of sp³-hybridized carbons (Fsp3) is 0. The smallest absolute Gasteiger partial charge is 0.160 e. The first-order valence-corrected chi connectivity index (χ1v) is 20.7. The summed E-state index contributed by atoms with van der Waals surface area (Å²) >= 11 is 0. The van der Waals surface area contributed by atoms with Crippen LogP contribution in [0.25, 0.3) is 122 Å². The first-order chi connectivity index (χ1) is 30.3. The van der Waals surface area contributed by atoms with Crippen LogP contribution < -0.4 is 0 Å². The fourth-order valence-corrected chi connectivity index (χ4v) is 9.62. The van der Waals surface area contributed by atoms with Gasteiger partial charge in [-0.1, -0.05) is 133 Å². The highest BCUT2D eigenvalue weighted by Crippen LogP contribution is 2.46. The van der Waals surface area contributed by atoms with E-state index in [1.807, 2.05) is 18.2 Å². The number of benzene rings is 9. The molecule has 0 atom stereocenters. The van der Waals surface area contributed by atoms with Crippen molar-refractivity contribution in [2.75, 3.05) is 0 Å². The monoisotopic (exact) mass is 778 g/mol. The van der Waals surface area contributed by atoms with E-state index in [1.165, 1.54) is 32.7 Å². The lowest BCUT2D eigenvalue weighted by Gasteiger charge is -2.13. The maximum atomic E-state index is 6.54. The SMILES string of the molecule is c1ccc(-c2cccc(-n3c4ccccc4c4c3ccc3c5ccc6oc7ccccc7c6c5n(-c5ccc(-c6nc(-c7ccccc7)c7ccccc7n6)cc5)c34)c2)cc1. The van der Waals surface area contributed by atoms with Crippen molar-refractivity contribution in [3.63, 3.8) is 0 Å². The van der Waals surface area contributed by atoms with E-state index in [4.69, 9.17) is 14.4 Å². The molecule has 0 N–H and O–H groups in total. The van der Waals surface area contributed by atoms with Crippen molar-refractivity contribution in [1.82, 2.24) is 19.1 Å². The number of hydrogen-bond donors (Lipinski definition) is 0. The Labute approximate surface area is 350 Å². The van der Waals surface area contributed by atoms with Crippen LogP contribution in [0.1, 0.15) is 0 Å². The molecule has 0 aliphatic rings. The molecule has 13 aromatic rings. The summed E-state index contributed by atoms with van der Waals surface area (Å²) in [6.45, 7) is 0. The largest absolute Gasteiger partial charge is 0.456 e. The van der Waals surface area contributed by atoms with Gasteiger partial charge in [-0.05, 0) is 83.9 Å². The Balaban J connectivity index is 1.10. The van der Waals surface area contributed by atoms with E-state index in [-0.39, 0.29) is 0 Å². The van der Waals surface area contributed by atoms with Gasteiger partial charge in [0.15, 0.2) is 5.82 Å². The minimum Gasteiger partial charge on any atom is -0.456 e. The summed E-state index contributed by atoms with van der Waals surface area (Å²) in [5.74, 6) is 0.692. The van der Waals surface area contributed by atoms with Gasteiger partial charge in [-0.15, -0.1) is 0 Å². The standard InChI is InChI=1S/C56H34N4O/c1-3-14-35(15-4-1)38-18-13-19-40(34-38)59-47-24-11-8-21-44(47)51-48(59)32-30-41-42-31-33-50-52(45-22-9-12-25-49(45)61-50)55(42)60(54(41)51)39-28-26-37(27-29-39)56-57-46-23-10-7-20-43(46)53(58-56)36-16-5-2-6-17-36/h1-34H. The molecule has 13 rings (SSSR count). The van der Waals surface area contributed by atoms with E-state index in [1.54, 1.807) is 0 Å². The highest BCUT2D eigenvalue weighted by atomic mass is 16.3. The number of furan rings is 1. The van der Waals surface area contributed by atoms with Crippen LogP contribution in [0, 0.1) is 0 Å². The number of nitrogens with zero attached hydrogens (tertiary/aromatic N) is 4. The van der Waals surface area contributed by atoms with Crippen LogP contribution in [0.15, 0.2) is 211 Å². The summed E-state index contributed by atoms with van der Waals surface area (Å²) in [7, 11) is 0. The summed E-state index contributed by atoms with van der Waals surface area (Å²) in [5.41, 5.74) is 14.7. The number of hydrogen-bond acceptors (Lipinski definition) is 3. The average molecular weight is 779 g/mol. The van der Waals surface area contributed by atoms with Gasteiger partial charge >= 0.3 is 0 Å². The third-order valence-electron chi connectivity index (χ3n) is 12.3. The quantitative estimate of drug-likeness (QED) is 0.175. The second kappa shape index (κ2) is 13.1. The Morgan fingerprint density at radius 1 is 0.344 bits per heavy atom. The topological polar surface area (TPSA) is 48.8 Å². The van der Waals surface area contributed by atoms with Crippen LogP contribution in [0.5, 0.6) is 0 Å². The molecule has 0 fully saturated rings. The zero-order chi connectivity index (χ0) is 40.0. The molecule has 9 aromatic carbocycles. The molecular weight excluding hydrogens is 745 g/mol. The van der Waals surface area contributed by atoms with E-state index in [9.17, 15) is 0 Å². The maximum absolute atomic E-state index is 6.54. The van der Waals surface area contributed by atoms with Gasteiger partial charge in [-0.25, -0.2) is 9.97 Å². The van der Waals surface area contributed by atoms with Gasteiger partial charge in [0, 0.05) is 54.8 Å². The number of para-hydroxylation sites is 3.